The number of hydrogen-bond acceptors (Lipinski definition) is 4. The van der Waals surface area contributed by atoms with Crippen LogP contribution in [-0.4, -0.2) is 43.0 Å². The van der Waals surface area contributed by atoms with Gasteiger partial charge in [0.1, 0.15) is 0 Å². The highest BCUT2D eigenvalue weighted by Crippen LogP contribution is 2.08. The van der Waals surface area contributed by atoms with E-state index in [9.17, 15) is 9.59 Å². The number of likely N-dealkylation sites (tertiary alicyclic amines) is 1. The fourth-order valence-electron chi connectivity index (χ4n) is 1.41. The third-order valence-electron chi connectivity index (χ3n) is 2.11. The molecule has 5 nitrogen and oxygen atoms in total. The molecule has 0 spiro atoms. The fourth-order valence-corrected chi connectivity index (χ4v) is 1.41. The van der Waals surface area contributed by atoms with Gasteiger partial charge in [-0.05, 0) is 12.8 Å². The van der Waals surface area contributed by atoms with Gasteiger partial charge in [0.15, 0.2) is 0 Å². The molecule has 1 rings (SSSR count). The second kappa shape index (κ2) is 4.23. The van der Waals surface area contributed by atoms with Crippen molar-refractivity contribution in [3.63, 3.8) is 0 Å². The number of carbonyl (C=O) groups is 2. The molecule has 0 aromatic rings. The van der Waals surface area contributed by atoms with Gasteiger partial charge >= 0.3 is 11.9 Å². The van der Waals surface area contributed by atoms with Gasteiger partial charge in [0.2, 0.25) is 0 Å². The second-order valence-electron chi connectivity index (χ2n) is 3.15. The van der Waals surface area contributed by atoms with Crippen LogP contribution in [-0.2, 0) is 14.3 Å². The summed E-state index contributed by atoms with van der Waals surface area (Å²) >= 11 is 0. The number of piperidine rings is 1. The molecule has 0 saturated carbocycles. The largest absolute Gasteiger partial charge is 0.462 e. The van der Waals surface area contributed by atoms with E-state index in [2.05, 4.69) is 4.74 Å². The number of amides is 1. The minimum atomic E-state index is -0.811. The lowest BCUT2D eigenvalue weighted by Gasteiger charge is -2.29. The minimum Gasteiger partial charge on any atom is -0.462 e. The zero-order chi connectivity index (χ0) is 9.84. The normalized spacial score (nSPS) is 22.6. The van der Waals surface area contributed by atoms with Gasteiger partial charge in [0.05, 0.1) is 7.11 Å². The van der Waals surface area contributed by atoms with Crippen LogP contribution in [0.4, 0.5) is 0 Å². The van der Waals surface area contributed by atoms with E-state index in [1.54, 1.807) is 0 Å². The smallest absolute Gasteiger partial charge is 0.396 e. The standard InChI is InChI=1S/C8H14N2O3/c1-13-8(12)7(11)10-4-2-3-6(9)5-10/h6H,2-5,9H2,1H3. The molecule has 5 heteroatoms. The van der Waals surface area contributed by atoms with Crippen molar-refractivity contribution in [3.8, 4) is 0 Å². The molecule has 1 amide bonds. The molecule has 0 aliphatic carbocycles. The van der Waals surface area contributed by atoms with Crippen molar-refractivity contribution in [2.75, 3.05) is 20.2 Å². The maximum absolute atomic E-state index is 11.3. The molecule has 0 aromatic heterocycles. The third-order valence-corrected chi connectivity index (χ3v) is 2.11. The first-order valence-electron chi connectivity index (χ1n) is 4.28. The van der Waals surface area contributed by atoms with E-state index in [0.717, 1.165) is 12.8 Å². The molecular weight excluding hydrogens is 172 g/mol. The Kier molecular flexibility index (Phi) is 3.25. The zero-order valence-electron chi connectivity index (χ0n) is 7.66. The highest BCUT2D eigenvalue weighted by molar-refractivity contribution is 6.32. The maximum Gasteiger partial charge on any atom is 0.396 e. The van der Waals surface area contributed by atoms with E-state index in [-0.39, 0.29) is 6.04 Å². The number of nitrogens with zero attached hydrogens (tertiary/aromatic N) is 1. The highest BCUT2D eigenvalue weighted by atomic mass is 16.5. The summed E-state index contributed by atoms with van der Waals surface area (Å²) in [4.78, 5) is 23.6. The summed E-state index contributed by atoms with van der Waals surface area (Å²) in [6.07, 6.45) is 1.76. The number of hydrogen-bond donors (Lipinski definition) is 1. The number of rotatable bonds is 0. The first kappa shape index (κ1) is 9.98. The first-order valence-corrected chi connectivity index (χ1v) is 4.28. The van der Waals surface area contributed by atoms with Crippen molar-refractivity contribution in [3.05, 3.63) is 0 Å². The first-order chi connectivity index (χ1) is 6.15. The van der Waals surface area contributed by atoms with Gasteiger partial charge < -0.3 is 15.4 Å². The summed E-state index contributed by atoms with van der Waals surface area (Å²) in [6.45, 7) is 1.05. The van der Waals surface area contributed by atoms with Crippen LogP contribution in [0, 0.1) is 0 Å². The number of carbonyl (C=O) groups excluding carboxylic acids is 2. The van der Waals surface area contributed by atoms with Gasteiger partial charge in [0, 0.05) is 19.1 Å². The van der Waals surface area contributed by atoms with Crippen molar-refractivity contribution in [2.24, 2.45) is 5.73 Å². The number of esters is 1. The van der Waals surface area contributed by atoms with E-state index in [1.807, 2.05) is 0 Å². The summed E-state index contributed by atoms with van der Waals surface area (Å²) in [5, 5.41) is 0. The van der Waals surface area contributed by atoms with E-state index in [0.29, 0.717) is 13.1 Å². The third kappa shape index (κ3) is 2.42. The lowest BCUT2D eigenvalue weighted by atomic mass is 10.1. The van der Waals surface area contributed by atoms with Crippen LogP contribution >= 0.6 is 0 Å². The molecular formula is C8H14N2O3. The summed E-state index contributed by atoms with van der Waals surface area (Å²) < 4.78 is 4.33. The van der Waals surface area contributed by atoms with Crippen molar-refractivity contribution < 1.29 is 14.3 Å². The van der Waals surface area contributed by atoms with Crippen molar-refractivity contribution in [1.82, 2.24) is 4.90 Å². The molecule has 1 saturated heterocycles. The number of methoxy groups -OCH3 is 1. The Morgan fingerprint density at radius 3 is 2.77 bits per heavy atom. The molecule has 1 aliphatic heterocycles. The molecule has 0 bridgehead atoms. The second-order valence-corrected chi connectivity index (χ2v) is 3.15. The molecule has 1 atom stereocenters. The van der Waals surface area contributed by atoms with Crippen molar-refractivity contribution in [1.29, 1.82) is 0 Å². The summed E-state index contributed by atoms with van der Waals surface area (Å²) in [6, 6.07) is -0.0117. The van der Waals surface area contributed by atoms with E-state index < -0.39 is 11.9 Å². The van der Waals surface area contributed by atoms with Crippen molar-refractivity contribution in [2.45, 2.75) is 18.9 Å². The Hall–Kier alpha value is -1.10. The Balaban J connectivity index is 2.51. The zero-order valence-corrected chi connectivity index (χ0v) is 7.66. The van der Waals surface area contributed by atoms with Crippen LogP contribution in [0.1, 0.15) is 12.8 Å². The van der Waals surface area contributed by atoms with Gasteiger partial charge in [-0.2, -0.15) is 0 Å². The molecule has 1 aliphatic rings. The summed E-state index contributed by atoms with van der Waals surface area (Å²) in [7, 11) is 1.20. The molecule has 74 valence electrons. The van der Waals surface area contributed by atoms with Crippen LogP contribution in [0.3, 0.4) is 0 Å². The van der Waals surface area contributed by atoms with Crippen LogP contribution in [0.15, 0.2) is 0 Å². The molecule has 1 heterocycles. The molecule has 1 fully saturated rings. The number of nitrogens with two attached hydrogens (primary N) is 1. The van der Waals surface area contributed by atoms with Gasteiger partial charge in [-0.25, -0.2) is 4.79 Å². The number of ether oxygens (including phenoxy) is 1. The van der Waals surface area contributed by atoms with Crippen molar-refractivity contribution >= 4 is 11.9 Å². The van der Waals surface area contributed by atoms with Gasteiger partial charge in [-0.15, -0.1) is 0 Å². The summed E-state index contributed by atoms with van der Waals surface area (Å²) in [5.74, 6) is -1.40. The predicted octanol–water partition coefficient (Wildman–Crippen LogP) is -0.891. The average Bonchev–Trinajstić information content (AvgIpc) is 2.15. The Morgan fingerprint density at radius 1 is 1.54 bits per heavy atom. The minimum absolute atomic E-state index is 0.0117. The maximum atomic E-state index is 11.3. The molecule has 0 radical (unpaired) electrons. The SMILES string of the molecule is COC(=O)C(=O)N1CCCC(N)C1. The Morgan fingerprint density at radius 2 is 2.23 bits per heavy atom. The van der Waals surface area contributed by atoms with Gasteiger partial charge in [-0.1, -0.05) is 0 Å². The Bertz CT molecular complexity index is 217. The monoisotopic (exact) mass is 186 g/mol. The van der Waals surface area contributed by atoms with Crippen LogP contribution < -0.4 is 5.73 Å². The lowest BCUT2D eigenvalue weighted by molar-refractivity contribution is -0.158. The van der Waals surface area contributed by atoms with Crippen LogP contribution in [0.2, 0.25) is 0 Å². The lowest BCUT2D eigenvalue weighted by Crippen LogP contribution is -2.48. The predicted molar refractivity (Wildman–Crippen MR) is 45.8 cm³/mol. The van der Waals surface area contributed by atoms with Crippen LogP contribution in [0.5, 0.6) is 0 Å². The fraction of sp³-hybridized carbons (Fsp3) is 0.750. The van der Waals surface area contributed by atoms with Gasteiger partial charge in [-0.3, -0.25) is 4.79 Å². The van der Waals surface area contributed by atoms with E-state index in [4.69, 9.17) is 5.73 Å². The molecule has 13 heavy (non-hydrogen) atoms. The molecule has 2 N–H and O–H groups in total. The topological polar surface area (TPSA) is 72.6 Å². The molecule has 1 unspecified atom stereocenters. The quantitative estimate of drug-likeness (QED) is 0.393. The highest BCUT2D eigenvalue weighted by Gasteiger charge is 2.26. The molecule has 0 aromatic carbocycles. The van der Waals surface area contributed by atoms with E-state index >= 15 is 0 Å². The average molecular weight is 186 g/mol. The van der Waals surface area contributed by atoms with Gasteiger partial charge in [0.25, 0.3) is 0 Å². The van der Waals surface area contributed by atoms with E-state index in [1.165, 1.54) is 12.0 Å². The van der Waals surface area contributed by atoms with Crippen LogP contribution in [0.25, 0.3) is 0 Å². The summed E-state index contributed by atoms with van der Waals surface area (Å²) in [5.41, 5.74) is 5.66. The Labute approximate surface area is 76.8 Å².